The largest absolute Gasteiger partial charge is 0.240 e. The van der Waals surface area contributed by atoms with Gasteiger partial charge in [-0.15, -0.1) is 0 Å². The molecular formula is C12H15BrFNO2S. The fourth-order valence-electron chi connectivity index (χ4n) is 2.15. The molecule has 0 heterocycles. The summed E-state index contributed by atoms with van der Waals surface area (Å²) < 4.78 is 40.4. The van der Waals surface area contributed by atoms with E-state index in [1.165, 1.54) is 12.1 Å². The highest BCUT2D eigenvalue weighted by Crippen LogP contribution is 2.22. The number of hydrogen-bond donors (Lipinski definition) is 1. The van der Waals surface area contributed by atoms with Crippen molar-refractivity contribution in [1.82, 2.24) is 4.72 Å². The van der Waals surface area contributed by atoms with Gasteiger partial charge in [0.05, 0.1) is 9.37 Å². The van der Waals surface area contributed by atoms with Crippen molar-refractivity contribution in [3.8, 4) is 0 Å². The molecule has 0 aromatic heterocycles. The normalized spacial score (nSPS) is 17.9. The summed E-state index contributed by atoms with van der Waals surface area (Å²) in [5, 5.41) is 0. The number of hydrogen-bond acceptors (Lipinski definition) is 2. The molecule has 0 unspecified atom stereocenters. The molecule has 0 aliphatic heterocycles. The molecule has 1 saturated carbocycles. The summed E-state index contributed by atoms with van der Waals surface area (Å²) in [6.45, 7) is 0. The van der Waals surface area contributed by atoms with Gasteiger partial charge in [-0.1, -0.05) is 19.3 Å². The summed E-state index contributed by atoms with van der Waals surface area (Å²) in [7, 11) is -3.61. The Hall–Kier alpha value is -0.460. The van der Waals surface area contributed by atoms with Gasteiger partial charge in [0.2, 0.25) is 10.0 Å². The van der Waals surface area contributed by atoms with Crippen LogP contribution in [0.3, 0.4) is 0 Å². The van der Waals surface area contributed by atoms with Gasteiger partial charge in [0.15, 0.2) is 0 Å². The fraction of sp³-hybridized carbons (Fsp3) is 0.500. The van der Waals surface area contributed by atoms with E-state index in [1.807, 2.05) is 0 Å². The van der Waals surface area contributed by atoms with Crippen LogP contribution in [-0.2, 0) is 10.0 Å². The van der Waals surface area contributed by atoms with E-state index in [1.54, 1.807) is 0 Å². The Labute approximate surface area is 115 Å². The van der Waals surface area contributed by atoms with Gasteiger partial charge < -0.3 is 0 Å². The van der Waals surface area contributed by atoms with Crippen LogP contribution in [0.25, 0.3) is 0 Å². The van der Waals surface area contributed by atoms with Crippen LogP contribution in [0.15, 0.2) is 27.6 Å². The summed E-state index contributed by atoms with van der Waals surface area (Å²) in [6.07, 6.45) is 4.96. The Morgan fingerprint density at radius 2 is 1.89 bits per heavy atom. The van der Waals surface area contributed by atoms with Crippen LogP contribution < -0.4 is 4.72 Å². The van der Waals surface area contributed by atoms with Crippen molar-refractivity contribution in [1.29, 1.82) is 0 Å². The van der Waals surface area contributed by atoms with E-state index in [4.69, 9.17) is 0 Å². The summed E-state index contributed by atoms with van der Waals surface area (Å²) >= 11 is 3.00. The van der Waals surface area contributed by atoms with Gasteiger partial charge in [0.1, 0.15) is 5.82 Å². The predicted molar refractivity (Wildman–Crippen MR) is 71.3 cm³/mol. The average Bonchev–Trinajstić information content (AvgIpc) is 2.33. The number of nitrogens with one attached hydrogen (secondary N) is 1. The van der Waals surface area contributed by atoms with E-state index in [-0.39, 0.29) is 15.4 Å². The van der Waals surface area contributed by atoms with Crippen molar-refractivity contribution >= 4 is 26.0 Å². The molecule has 1 aromatic rings. The van der Waals surface area contributed by atoms with Gasteiger partial charge in [-0.05, 0) is 47.0 Å². The Morgan fingerprint density at radius 1 is 1.22 bits per heavy atom. The summed E-state index contributed by atoms with van der Waals surface area (Å²) in [4.78, 5) is -0.0197. The van der Waals surface area contributed by atoms with Crippen LogP contribution in [0, 0.1) is 5.82 Å². The van der Waals surface area contributed by atoms with Crippen molar-refractivity contribution in [2.75, 3.05) is 0 Å². The Bertz CT molecular complexity index is 527. The van der Waals surface area contributed by atoms with Gasteiger partial charge in [-0.3, -0.25) is 0 Å². The molecule has 3 nitrogen and oxygen atoms in total. The van der Waals surface area contributed by atoms with E-state index in [9.17, 15) is 12.8 Å². The third-order valence-corrected chi connectivity index (χ3v) is 5.29. The van der Waals surface area contributed by atoms with Crippen molar-refractivity contribution in [2.45, 2.75) is 43.0 Å². The van der Waals surface area contributed by atoms with E-state index < -0.39 is 15.8 Å². The van der Waals surface area contributed by atoms with Gasteiger partial charge in [-0.25, -0.2) is 17.5 Å². The van der Waals surface area contributed by atoms with Crippen LogP contribution in [0.5, 0.6) is 0 Å². The van der Waals surface area contributed by atoms with Crippen molar-refractivity contribution in [3.05, 3.63) is 28.5 Å². The minimum absolute atomic E-state index is 0.0181. The van der Waals surface area contributed by atoms with Gasteiger partial charge in [-0.2, -0.15) is 0 Å². The minimum atomic E-state index is -3.61. The lowest BCUT2D eigenvalue weighted by Gasteiger charge is -2.22. The summed E-state index contributed by atoms with van der Waals surface area (Å²) in [5.41, 5.74) is 0. The first-order valence-corrected chi connectivity index (χ1v) is 8.24. The second-order valence-electron chi connectivity index (χ2n) is 4.53. The molecule has 1 aliphatic rings. The number of sulfonamides is 1. The summed E-state index contributed by atoms with van der Waals surface area (Å²) in [5.74, 6) is -0.568. The zero-order valence-corrected chi connectivity index (χ0v) is 12.2. The maximum absolute atomic E-state index is 13.3. The molecule has 0 amide bonds. The first-order chi connectivity index (χ1) is 8.49. The topological polar surface area (TPSA) is 46.2 Å². The molecule has 1 fully saturated rings. The van der Waals surface area contributed by atoms with Crippen LogP contribution in [0.1, 0.15) is 32.1 Å². The highest BCUT2D eigenvalue weighted by atomic mass is 79.9. The van der Waals surface area contributed by atoms with E-state index in [0.29, 0.717) is 0 Å². The molecule has 1 aromatic carbocycles. The van der Waals surface area contributed by atoms with Crippen LogP contribution >= 0.6 is 15.9 Å². The Morgan fingerprint density at radius 3 is 2.50 bits per heavy atom. The lowest BCUT2D eigenvalue weighted by atomic mass is 9.96. The second kappa shape index (κ2) is 5.67. The molecule has 0 spiro atoms. The fourth-order valence-corrected chi connectivity index (χ4v) is 3.71. The third-order valence-electron chi connectivity index (χ3n) is 3.13. The van der Waals surface area contributed by atoms with Gasteiger partial charge in [0.25, 0.3) is 0 Å². The standard InChI is InChI=1S/C12H15BrFNO2S/c13-11-7-6-10(8-12(11)14)18(16,17)15-9-4-2-1-3-5-9/h6-9,15H,1-5H2. The molecule has 6 heteroatoms. The molecule has 0 bridgehead atoms. The Balaban J connectivity index is 2.16. The first kappa shape index (κ1) is 14.0. The van der Waals surface area contributed by atoms with E-state index in [0.717, 1.165) is 38.2 Å². The zero-order chi connectivity index (χ0) is 13.2. The Kier molecular flexibility index (Phi) is 4.40. The first-order valence-electron chi connectivity index (χ1n) is 5.96. The number of rotatable bonds is 3. The third kappa shape index (κ3) is 3.30. The molecule has 0 saturated heterocycles. The lowest BCUT2D eigenvalue weighted by Crippen LogP contribution is -2.36. The molecule has 100 valence electrons. The lowest BCUT2D eigenvalue weighted by molar-refractivity contribution is 0.412. The predicted octanol–water partition coefficient (Wildman–Crippen LogP) is 3.20. The van der Waals surface area contributed by atoms with Gasteiger partial charge >= 0.3 is 0 Å². The van der Waals surface area contributed by atoms with E-state index in [2.05, 4.69) is 20.7 Å². The molecule has 1 aliphatic carbocycles. The van der Waals surface area contributed by atoms with Crippen molar-refractivity contribution in [2.24, 2.45) is 0 Å². The molecule has 0 radical (unpaired) electrons. The minimum Gasteiger partial charge on any atom is -0.208 e. The average molecular weight is 336 g/mol. The SMILES string of the molecule is O=S(=O)(NC1CCCCC1)c1ccc(Br)c(F)c1. The van der Waals surface area contributed by atoms with Crippen LogP contribution in [0.4, 0.5) is 4.39 Å². The number of halogens is 2. The molecule has 18 heavy (non-hydrogen) atoms. The molecule has 0 atom stereocenters. The summed E-state index contributed by atoms with van der Waals surface area (Å²) in [6, 6.07) is 3.83. The second-order valence-corrected chi connectivity index (χ2v) is 7.10. The molecule has 1 N–H and O–H groups in total. The van der Waals surface area contributed by atoms with Crippen molar-refractivity contribution in [3.63, 3.8) is 0 Å². The van der Waals surface area contributed by atoms with Crippen molar-refractivity contribution < 1.29 is 12.8 Å². The van der Waals surface area contributed by atoms with Crippen LogP contribution in [0.2, 0.25) is 0 Å². The monoisotopic (exact) mass is 335 g/mol. The van der Waals surface area contributed by atoms with Crippen LogP contribution in [-0.4, -0.2) is 14.5 Å². The zero-order valence-electron chi connectivity index (χ0n) is 9.83. The molecule has 2 rings (SSSR count). The molecular weight excluding hydrogens is 321 g/mol. The highest BCUT2D eigenvalue weighted by molar-refractivity contribution is 9.10. The maximum Gasteiger partial charge on any atom is 0.240 e. The maximum atomic E-state index is 13.3. The highest BCUT2D eigenvalue weighted by Gasteiger charge is 2.22. The quantitative estimate of drug-likeness (QED) is 0.921. The van der Waals surface area contributed by atoms with E-state index >= 15 is 0 Å². The number of benzene rings is 1. The smallest absolute Gasteiger partial charge is 0.208 e. The van der Waals surface area contributed by atoms with Gasteiger partial charge in [0, 0.05) is 6.04 Å².